The van der Waals surface area contributed by atoms with Crippen LogP contribution < -0.4 is 21.7 Å². The Balaban J connectivity index is 0.000000157. The van der Waals surface area contributed by atoms with Crippen molar-refractivity contribution in [1.29, 1.82) is 0 Å². The van der Waals surface area contributed by atoms with E-state index in [1.54, 1.807) is 25.7 Å². The van der Waals surface area contributed by atoms with E-state index >= 15 is 0 Å². The Hall–Kier alpha value is -10.3. The smallest absolute Gasteiger partial charge is 0.410 e. The summed E-state index contributed by atoms with van der Waals surface area (Å²) in [4.78, 5) is 65.8. The highest BCUT2D eigenvalue weighted by molar-refractivity contribution is 5.95. The molecule has 9 aromatic carbocycles. The Morgan fingerprint density at radius 2 is 0.740 bits per heavy atom. The molecule has 9 aromatic rings. The first-order valence-corrected chi connectivity index (χ1v) is 33.0. The first-order chi connectivity index (χ1) is 46.2. The minimum atomic E-state index is -0.880. The molecule has 3 aliphatic heterocycles. The van der Waals surface area contributed by atoms with E-state index in [9.17, 15) is 29.1 Å². The predicted molar refractivity (Wildman–Crippen MR) is 383 cm³/mol. The maximum Gasteiger partial charge on any atom is 0.410 e. The second-order valence-corrected chi connectivity index (χ2v) is 26.7. The number of amides is 4. The lowest BCUT2D eigenvalue weighted by Crippen LogP contribution is -2.36. The fourth-order valence-electron chi connectivity index (χ4n) is 12.3. The fraction of sp³-hybridized carbons (Fsp3) is 0.280. The minimum Gasteiger partial charge on any atom is -0.481 e. The molecule has 3 saturated heterocycles. The molecule has 0 aliphatic carbocycles. The topological polar surface area (TPSA) is 193 Å². The summed E-state index contributed by atoms with van der Waals surface area (Å²) >= 11 is 0. The van der Waals surface area contributed by atoms with Crippen LogP contribution in [-0.2, 0) is 43.1 Å². The SMILES string of the molecule is CC(C)(C)OC(=O)N1C[C@@H](C(=O)Nc2cccc(Cc3ccccc3)c2)[C@H](c2ccccc2)C1.CC(C)(C)OC(=O)N1C[C@@H](C(=O)O)[C@H](c2ccccc2)C1.Nc1cccc(Cc2ccccc2)c1.O=C(Nc1cccc(Cc2ccccc2)c1)[C@@H]1CNC[C@H]1c1ccccc1. The van der Waals surface area contributed by atoms with Crippen molar-refractivity contribution < 1.29 is 38.6 Å². The Kier molecular flexibility index (Phi) is 24.6. The second kappa shape index (κ2) is 33.7. The molecule has 3 heterocycles. The van der Waals surface area contributed by atoms with Crippen LogP contribution >= 0.6 is 0 Å². The number of benzene rings is 9. The number of carbonyl (C=O) groups is 5. The Labute approximate surface area is 565 Å². The van der Waals surface area contributed by atoms with Crippen LogP contribution in [0, 0.1) is 17.8 Å². The summed E-state index contributed by atoms with van der Waals surface area (Å²) in [6.45, 7) is 13.8. The Morgan fingerprint density at radius 3 is 1.12 bits per heavy atom. The molecule has 4 amide bonds. The highest BCUT2D eigenvalue weighted by Gasteiger charge is 2.43. The van der Waals surface area contributed by atoms with Crippen LogP contribution in [0.15, 0.2) is 255 Å². The van der Waals surface area contributed by atoms with Crippen LogP contribution in [0.2, 0.25) is 0 Å². The number of nitrogens with one attached hydrogen (secondary N) is 3. The number of ether oxygens (including phenoxy) is 2. The largest absolute Gasteiger partial charge is 0.481 e. The van der Waals surface area contributed by atoms with E-state index in [-0.39, 0.29) is 54.0 Å². The molecule has 0 spiro atoms. The van der Waals surface area contributed by atoms with Crippen molar-refractivity contribution >= 4 is 47.0 Å². The number of carboxylic acids is 1. The quantitative estimate of drug-likeness (QED) is 0.0655. The Bertz CT molecular complexity index is 3940. The van der Waals surface area contributed by atoms with Gasteiger partial charge in [0.05, 0.1) is 17.8 Å². The summed E-state index contributed by atoms with van der Waals surface area (Å²) in [5.74, 6) is -1.97. The summed E-state index contributed by atoms with van der Waals surface area (Å²) in [5.41, 5.74) is 17.6. The van der Waals surface area contributed by atoms with Crippen molar-refractivity contribution in [3.8, 4) is 0 Å². The van der Waals surface area contributed by atoms with E-state index < -0.39 is 29.2 Å². The number of nitrogen functional groups attached to an aromatic ring is 1. The van der Waals surface area contributed by atoms with Gasteiger partial charge in [-0.15, -0.1) is 0 Å². The maximum atomic E-state index is 13.4. The molecule has 0 saturated carbocycles. The van der Waals surface area contributed by atoms with Crippen LogP contribution in [0.4, 0.5) is 26.7 Å². The zero-order valence-electron chi connectivity index (χ0n) is 55.9. The third kappa shape index (κ3) is 21.4. The van der Waals surface area contributed by atoms with Crippen LogP contribution in [-0.4, -0.2) is 95.3 Å². The van der Waals surface area contributed by atoms with Gasteiger partial charge in [-0.2, -0.15) is 0 Å². The van der Waals surface area contributed by atoms with Gasteiger partial charge in [0.25, 0.3) is 0 Å². The van der Waals surface area contributed by atoms with E-state index in [0.717, 1.165) is 66.1 Å². The van der Waals surface area contributed by atoms with Crippen molar-refractivity contribution in [2.45, 2.75) is 89.8 Å². The number of nitrogens with zero attached hydrogens (tertiary/aromatic N) is 2. The van der Waals surface area contributed by atoms with Crippen LogP contribution in [0.3, 0.4) is 0 Å². The standard InChI is InChI=1S/C29H32N2O3.C24H24N2O.C16H21NO4.C13H13N/c1-29(2,3)34-28(33)31-19-25(23-14-8-5-9-15-23)26(20-31)27(32)30-24-16-10-13-22(18-24)17-21-11-6-4-7-12-21;27-24(23-17-25-16-22(23)20-11-5-2-6-12-20)26-21-13-7-10-19(15-21)14-18-8-3-1-4-9-18;1-16(2,3)21-15(20)17-9-12(13(10-17)14(18)19)11-7-5-4-6-8-11;14-13-8-4-7-12(10-13)9-11-5-2-1-3-6-11/h4-16,18,25-26H,17,19-20H2,1-3H3,(H,30,32);1-13,15,22-23,25H,14,16-17H2,(H,26,27);4-8,12-13H,9-10H2,1-3H3,(H,18,19);1-8,10H,9,14H2/t25-,26+;22-,23+;12-,13+;/m000./s1. The summed E-state index contributed by atoms with van der Waals surface area (Å²) < 4.78 is 10.9. The van der Waals surface area contributed by atoms with E-state index in [1.165, 1.54) is 38.3 Å². The molecule has 0 bridgehead atoms. The number of carboxylic acid groups (broad SMARTS) is 1. The van der Waals surface area contributed by atoms with Gasteiger partial charge in [0.1, 0.15) is 11.2 Å². The van der Waals surface area contributed by atoms with Gasteiger partial charge in [-0.3, -0.25) is 14.4 Å². The average molecular weight is 1290 g/mol. The van der Waals surface area contributed by atoms with Gasteiger partial charge in [0, 0.05) is 74.1 Å². The zero-order valence-corrected chi connectivity index (χ0v) is 55.9. The van der Waals surface area contributed by atoms with E-state index in [4.69, 9.17) is 15.2 Å². The van der Waals surface area contributed by atoms with Gasteiger partial charge >= 0.3 is 18.2 Å². The lowest BCUT2D eigenvalue weighted by Gasteiger charge is -2.24. The summed E-state index contributed by atoms with van der Waals surface area (Å²) in [7, 11) is 0. The molecule has 0 unspecified atom stereocenters. The number of likely N-dealkylation sites (tertiary alicyclic amines) is 2. The highest BCUT2D eigenvalue weighted by Crippen LogP contribution is 2.36. The maximum absolute atomic E-state index is 13.4. The molecule has 0 aromatic heterocycles. The van der Waals surface area contributed by atoms with Crippen molar-refractivity contribution in [2.24, 2.45) is 17.8 Å². The third-order valence-corrected chi connectivity index (χ3v) is 16.9. The van der Waals surface area contributed by atoms with E-state index in [1.807, 2.05) is 178 Å². The molecule has 96 heavy (non-hydrogen) atoms. The predicted octanol–water partition coefficient (Wildman–Crippen LogP) is 15.7. The molecular weight excluding hydrogens is 1200 g/mol. The number of carbonyl (C=O) groups excluding carboxylic acids is 4. The van der Waals surface area contributed by atoms with E-state index in [2.05, 4.69) is 113 Å². The molecular formula is C82H90N6O8. The van der Waals surface area contributed by atoms with Crippen molar-refractivity contribution in [2.75, 3.05) is 55.6 Å². The first-order valence-electron chi connectivity index (χ1n) is 33.0. The molecule has 12 rings (SSSR count). The highest BCUT2D eigenvalue weighted by atomic mass is 16.6. The second-order valence-electron chi connectivity index (χ2n) is 26.7. The van der Waals surface area contributed by atoms with Crippen molar-refractivity contribution in [3.05, 3.63) is 305 Å². The molecule has 14 nitrogen and oxygen atoms in total. The van der Waals surface area contributed by atoms with Gasteiger partial charge in [0.2, 0.25) is 11.8 Å². The van der Waals surface area contributed by atoms with Gasteiger partial charge in [-0.05, 0) is 147 Å². The molecule has 6 N–H and O–H groups in total. The lowest BCUT2D eigenvalue weighted by molar-refractivity contribution is -0.141. The average Bonchev–Trinajstić information content (AvgIpc) is 1.68. The molecule has 3 fully saturated rings. The van der Waals surface area contributed by atoms with Gasteiger partial charge in [0.15, 0.2) is 0 Å². The monoisotopic (exact) mass is 1290 g/mol. The summed E-state index contributed by atoms with van der Waals surface area (Å²) in [6.07, 6.45) is 1.78. The molecule has 496 valence electrons. The van der Waals surface area contributed by atoms with Crippen LogP contribution in [0.5, 0.6) is 0 Å². The van der Waals surface area contributed by atoms with E-state index in [0.29, 0.717) is 19.6 Å². The molecule has 3 aliphatic rings. The molecule has 6 atom stereocenters. The van der Waals surface area contributed by atoms with Gasteiger partial charge in [-0.1, -0.05) is 218 Å². The summed E-state index contributed by atoms with van der Waals surface area (Å²) in [5, 5.41) is 19.0. The number of hydrogen-bond acceptors (Lipinski definition) is 9. The number of rotatable bonds is 14. The molecule has 14 heteroatoms. The summed E-state index contributed by atoms with van der Waals surface area (Å²) in [6, 6.07) is 84.9. The fourth-order valence-corrected chi connectivity index (χ4v) is 12.3. The number of anilines is 3. The molecule has 0 radical (unpaired) electrons. The Morgan fingerprint density at radius 1 is 0.406 bits per heavy atom. The normalized spacial score (nSPS) is 18.0. The van der Waals surface area contributed by atoms with Crippen LogP contribution in [0.25, 0.3) is 0 Å². The van der Waals surface area contributed by atoms with Crippen molar-refractivity contribution in [1.82, 2.24) is 15.1 Å². The first kappa shape index (κ1) is 70.0. The zero-order chi connectivity index (χ0) is 68.0. The van der Waals surface area contributed by atoms with Gasteiger partial charge in [-0.25, -0.2) is 9.59 Å². The van der Waals surface area contributed by atoms with Crippen molar-refractivity contribution in [3.63, 3.8) is 0 Å². The number of aliphatic carboxylic acids is 1. The van der Waals surface area contributed by atoms with Gasteiger partial charge < -0.3 is 46.1 Å². The minimum absolute atomic E-state index is 0.0508. The lowest BCUT2D eigenvalue weighted by atomic mass is 9.88. The number of hydrogen-bond donors (Lipinski definition) is 5. The van der Waals surface area contributed by atoms with Crippen LogP contribution in [0.1, 0.15) is 109 Å². The number of nitrogens with two attached hydrogens (primary N) is 1. The third-order valence-electron chi connectivity index (χ3n) is 16.9.